The lowest BCUT2D eigenvalue weighted by atomic mass is 10.2. The Morgan fingerprint density at radius 2 is 1.76 bits per heavy atom. The number of benzene rings is 1. The third kappa shape index (κ3) is 4.56. The second kappa shape index (κ2) is 8.77. The number of carbonyl (C=O) groups is 1. The molecule has 0 spiro atoms. The molecule has 3 heterocycles. The van der Waals surface area contributed by atoms with E-state index in [0.29, 0.717) is 30.8 Å². The van der Waals surface area contributed by atoms with E-state index in [-0.39, 0.29) is 11.5 Å². The van der Waals surface area contributed by atoms with Crippen molar-refractivity contribution < 1.29 is 9.21 Å². The number of aryl methyl sites for hydroxylation is 1. The molecule has 0 unspecified atom stereocenters. The van der Waals surface area contributed by atoms with Gasteiger partial charge in [0.25, 0.3) is 5.56 Å². The van der Waals surface area contributed by atoms with Crippen LogP contribution in [0.2, 0.25) is 0 Å². The van der Waals surface area contributed by atoms with Crippen LogP contribution >= 0.6 is 0 Å². The minimum Gasteiger partial charge on any atom is -0.463 e. The molecule has 7 heteroatoms. The van der Waals surface area contributed by atoms with Crippen molar-refractivity contribution in [2.45, 2.75) is 19.4 Å². The number of carbonyl (C=O) groups excluding carboxylic acids is 1. The van der Waals surface area contributed by atoms with Gasteiger partial charge in [0.2, 0.25) is 5.91 Å². The van der Waals surface area contributed by atoms with Crippen molar-refractivity contribution in [1.29, 1.82) is 0 Å². The Labute approximate surface area is 169 Å². The quantitative estimate of drug-likeness (QED) is 0.645. The number of furan rings is 1. The summed E-state index contributed by atoms with van der Waals surface area (Å²) in [6.45, 7) is 3.52. The van der Waals surface area contributed by atoms with E-state index >= 15 is 0 Å². The zero-order chi connectivity index (χ0) is 20.1. The first-order valence-corrected chi connectivity index (χ1v) is 9.90. The summed E-state index contributed by atoms with van der Waals surface area (Å²) < 4.78 is 6.74. The van der Waals surface area contributed by atoms with Crippen molar-refractivity contribution in [2.75, 3.05) is 31.1 Å². The van der Waals surface area contributed by atoms with Gasteiger partial charge in [-0.25, -0.2) is 4.68 Å². The second-order valence-electron chi connectivity index (χ2n) is 7.06. The van der Waals surface area contributed by atoms with E-state index in [0.717, 1.165) is 26.2 Å². The van der Waals surface area contributed by atoms with E-state index in [9.17, 15) is 9.59 Å². The molecule has 0 bridgehead atoms. The summed E-state index contributed by atoms with van der Waals surface area (Å²) in [4.78, 5) is 28.8. The molecule has 150 valence electrons. The number of anilines is 1. The molecule has 1 aliphatic rings. The van der Waals surface area contributed by atoms with Gasteiger partial charge >= 0.3 is 0 Å². The highest BCUT2D eigenvalue weighted by atomic mass is 16.3. The van der Waals surface area contributed by atoms with Crippen LogP contribution in [0.5, 0.6) is 0 Å². The van der Waals surface area contributed by atoms with Gasteiger partial charge in [0, 0.05) is 50.9 Å². The van der Waals surface area contributed by atoms with Gasteiger partial charge in [0.1, 0.15) is 5.69 Å². The SMILES string of the molecule is O=C(CCCn1nc(-c2ccco2)ccc1=O)N1CCN(c2ccccc2)CC1. The number of nitrogens with zero attached hydrogens (tertiary/aromatic N) is 4. The van der Waals surface area contributed by atoms with Crippen molar-refractivity contribution >= 4 is 11.6 Å². The third-order valence-corrected chi connectivity index (χ3v) is 5.15. The fraction of sp³-hybridized carbons (Fsp3) is 0.318. The molecule has 4 rings (SSSR count). The molecule has 29 heavy (non-hydrogen) atoms. The first-order valence-electron chi connectivity index (χ1n) is 9.90. The Kier molecular flexibility index (Phi) is 5.74. The monoisotopic (exact) mass is 392 g/mol. The van der Waals surface area contributed by atoms with Gasteiger partial charge in [-0.15, -0.1) is 0 Å². The molecule has 1 aromatic carbocycles. The Bertz CT molecular complexity index is 990. The van der Waals surface area contributed by atoms with Crippen molar-refractivity contribution in [1.82, 2.24) is 14.7 Å². The van der Waals surface area contributed by atoms with Crippen molar-refractivity contribution in [2.24, 2.45) is 0 Å². The molecule has 0 atom stereocenters. The van der Waals surface area contributed by atoms with Crippen LogP contribution < -0.4 is 10.5 Å². The maximum atomic E-state index is 12.6. The third-order valence-electron chi connectivity index (χ3n) is 5.15. The topological polar surface area (TPSA) is 71.6 Å². The molecule has 0 N–H and O–H groups in total. The van der Waals surface area contributed by atoms with E-state index in [1.165, 1.54) is 16.4 Å². The number of para-hydroxylation sites is 1. The van der Waals surface area contributed by atoms with Crippen molar-refractivity contribution in [3.05, 3.63) is 71.2 Å². The van der Waals surface area contributed by atoms with Crippen LogP contribution in [0, 0.1) is 0 Å². The van der Waals surface area contributed by atoms with Gasteiger partial charge in [0.15, 0.2) is 5.76 Å². The fourth-order valence-electron chi connectivity index (χ4n) is 3.56. The highest BCUT2D eigenvalue weighted by Gasteiger charge is 2.20. The van der Waals surface area contributed by atoms with Gasteiger partial charge in [-0.2, -0.15) is 5.10 Å². The van der Waals surface area contributed by atoms with E-state index in [4.69, 9.17) is 4.42 Å². The molecular weight excluding hydrogens is 368 g/mol. The molecule has 1 aliphatic heterocycles. The summed E-state index contributed by atoms with van der Waals surface area (Å²) in [5.74, 6) is 0.749. The number of rotatable bonds is 6. The highest BCUT2D eigenvalue weighted by molar-refractivity contribution is 5.76. The van der Waals surface area contributed by atoms with Gasteiger partial charge in [-0.3, -0.25) is 9.59 Å². The van der Waals surface area contributed by atoms with Crippen LogP contribution in [0.25, 0.3) is 11.5 Å². The summed E-state index contributed by atoms with van der Waals surface area (Å²) in [7, 11) is 0. The van der Waals surface area contributed by atoms with Crippen molar-refractivity contribution in [3.8, 4) is 11.5 Å². The summed E-state index contributed by atoms with van der Waals surface area (Å²) in [6, 6.07) is 17.0. The minimum absolute atomic E-state index is 0.132. The summed E-state index contributed by atoms with van der Waals surface area (Å²) in [6.07, 6.45) is 2.55. The molecular formula is C22H24N4O3. The zero-order valence-electron chi connectivity index (χ0n) is 16.2. The predicted molar refractivity (Wildman–Crippen MR) is 111 cm³/mol. The first-order chi connectivity index (χ1) is 14.2. The summed E-state index contributed by atoms with van der Waals surface area (Å²) in [5, 5.41) is 4.35. The molecule has 3 aromatic rings. The Hall–Kier alpha value is -3.35. The highest BCUT2D eigenvalue weighted by Crippen LogP contribution is 2.17. The summed E-state index contributed by atoms with van der Waals surface area (Å²) >= 11 is 0. The standard InChI is InChI=1S/C22H24N4O3/c27-21(25-15-13-24(14-16-25)18-6-2-1-3-7-18)9-4-12-26-22(28)11-10-19(23-26)20-8-5-17-29-20/h1-3,5-8,10-11,17H,4,9,12-16H2. The molecule has 0 radical (unpaired) electrons. The number of piperazine rings is 1. The zero-order valence-corrected chi connectivity index (χ0v) is 16.2. The van der Waals surface area contributed by atoms with E-state index in [2.05, 4.69) is 22.1 Å². The predicted octanol–water partition coefficient (Wildman–Crippen LogP) is 2.63. The normalized spacial score (nSPS) is 14.2. The lowest BCUT2D eigenvalue weighted by Gasteiger charge is -2.36. The molecule has 1 amide bonds. The Morgan fingerprint density at radius 3 is 2.48 bits per heavy atom. The maximum Gasteiger partial charge on any atom is 0.266 e. The second-order valence-corrected chi connectivity index (χ2v) is 7.06. The van der Waals surface area contributed by atoms with Gasteiger partial charge in [-0.1, -0.05) is 18.2 Å². The summed E-state index contributed by atoms with van der Waals surface area (Å²) in [5.41, 5.74) is 1.63. The molecule has 0 saturated carbocycles. The van der Waals surface area contributed by atoms with Gasteiger partial charge in [0.05, 0.1) is 6.26 Å². The maximum absolute atomic E-state index is 12.6. The fourth-order valence-corrected chi connectivity index (χ4v) is 3.56. The average Bonchev–Trinajstić information content (AvgIpc) is 3.31. The van der Waals surface area contributed by atoms with Crippen LogP contribution in [0.3, 0.4) is 0 Å². The van der Waals surface area contributed by atoms with Crippen LogP contribution in [0.1, 0.15) is 12.8 Å². The molecule has 1 fully saturated rings. The average molecular weight is 392 g/mol. The van der Waals surface area contributed by atoms with Gasteiger partial charge in [-0.05, 0) is 36.8 Å². The van der Waals surface area contributed by atoms with E-state index < -0.39 is 0 Å². The van der Waals surface area contributed by atoms with Gasteiger partial charge < -0.3 is 14.2 Å². The molecule has 7 nitrogen and oxygen atoms in total. The van der Waals surface area contributed by atoms with Crippen LogP contribution in [-0.4, -0.2) is 46.8 Å². The lowest BCUT2D eigenvalue weighted by molar-refractivity contribution is -0.131. The number of amides is 1. The smallest absolute Gasteiger partial charge is 0.266 e. The number of hydrogen-bond acceptors (Lipinski definition) is 5. The number of hydrogen-bond donors (Lipinski definition) is 0. The molecule has 1 saturated heterocycles. The largest absolute Gasteiger partial charge is 0.463 e. The van der Waals surface area contributed by atoms with E-state index in [1.807, 2.05) is 23.1 Å². The Balaban J connectivity index is 1.28. The molecule has 0 aliphatic carbocycles. The lowest BCUT2D eigenvalue weighted by Crippen LogP contribution is -2.48. The van der Waals surface area contributed by atoms with Crippen LogP contribution in [-0.2, 0) is 11.3 Å². The van der Waals surface area contributed by atoms with E-state index in [1.54, 1.807) is 24.5 Å². The molecule has 2 aromatic heterocycles. The first kappa shape index (κ1) is 19.0. The number of aromatic nitrogens is 2. The van der Waals surface area contributed by atoms with Crippen molar-refractivity contribution in [3.63, 3.8) is 0 Å². The minimum atomic E-state index is -0.177. The van der Waals surface area contributed by atoms with Crippen LogP contribution in [0.4, 0.5) is 5.69 Å². The van der Waals surface area contributed by atoms with Crippen LogP contribution in [0.15, 0.2) is 70.1 Å². The Morgan fingerprint density at radius 1 is 0.966 bits per heavy atom.